The third-order valence-electron chi connectivity index (χ3n) is 4.26. The van der Waals surface area contributed by atoms with E-state index < -0.39 is 35.0 Å². The SMILES string of the molecule is C[C@H](NC(=O)C(C)(C)C)C(=O)Nc1cccc(C(=O)Nc2cccc(C(F)(F)F)c2)c1. The molecule has 0 fully saturated rings. The number of alkyl halides is 3. The molecule has 166 valence electrons. The van der Waals surface area contributed by atoms with Crippen LogP contribution in [0.5, 0.6) is 0 Å². The maximum absolute atomic E-state index is 12.8. The molecule has 0 aromatic heterocycles. The zero-order valence-electron chi connectivity index (χ0n) is 17.6. The van der Waals surface area contributed by atoms with E-state index in [0.717, 1.165) is 12.1 Å². The van der Waals surface area contributed by atoms with Crippen LogP contribution in [-0.4, -0.2) is 23.8 Å². The van der Waals surface area contributed by atoms with Gasteiger partial charge in [0.25, 0.3) is 5.91 Å². The molecule has 0 heterocycles. The van der Waals surface area contributed by atoms with E-state index in [9.17, 15) is 27.6 Å². The summed E-state index contributed by atoms with van der Waals surface area (Å²) in [4.78, 5) is 36.8. The van der Waals surface area contributed by atoms with Gasteiger partial charge in [0.05, 0.1) is 5.56 Å². The molecule has 31 heavy (non-hydrogen) atoms. The second-order valence-electron chi connectivity index (χ2n) is 8.05. The Bertz CT molecular complexity index is 982. The van der Waals surface area contributed by atoms with Crippen LogP contribution >= 0.6 is 0 Å². The molecule has 0 aliphatic carbocycles. The summed E-state index contributed by atoms with van der Waals surface area (Å²) >= 11 is 0. The Kier molecular flexibility index (Phi) is 7.09. The first kappa shape index (κ1) is 23.9. The van der Waals surface area contributed by atoms with Gasteiger partial charge in [-0.15, -0.1) is 0 Å². The molecule has 9 heteroatoms. The first-order chi connectivity index (χ1) is 14.3. The largest absolute Gasteiger partial charge is 0.416 e. The van der Waals surface area contributed by atoms with Crippen molar-refractivity contribution in [3.05, 3.63) is 59.7 Å². The van der Waals surface area contributed by atoms with Crippen molar-refractivity contribution in [3.8, 4) is 0 Å². The minimum Gasteiger partial charge on any atom is -0.344 e. The molecule has 0 unspecified atom stereocenters. The lowest BCUT2D eigenvalue weighted by Crippen LogP contribution is -2.46. The van der Waals surface area contributed by atoms with Crippen LogP contribution in [0.15, 0.2) is 48.5 Å². The number of amides is 3. The van der Waals surface area contributed by atoms with Crippen LogP contribution in [0.25, 0.3) is 0 Å². The van der Waals surface area contributed by atoms with E-state index in [1.54, 1.807) is 26.8 Å². The van der Waals surface area contributed by atoms with Crippen LogP contribution in [0.1, 0.15) is 43.6 Å². The molecule has 0 radical (unpaired) electrons. The fourth-order valence-electron chi connectivity index (χ4n) is 2.44. The summed E-state index contributed by atoms with van der Waals surface area (Å²) in [6, 6.07) is 9.40. The zero-order valence-corrected chi connectivity index (χ0v) is 17.6. The van der Waals surface area contributed by atoms with Crippen LogP contribution in [0.3, 0.4) is 0 Å². The lowest BCUT2D eigenvalue weighted by molar-refractivity contribution is -0.137. The van der Waals surface area contributed by atoms with Crippen LogP contribution in [0.4, 0.5) is 24.5 Å². The number of rotatable bonds is 5. The van der Waals surface area contributed by atoms with Crippen molar-refractivity contribution in [2.45, 2.75) is 39.9 Å². The van der Waals surface area contributed by atoms with Gasteiger partial charge >= 0.3 is 6.18 Å². The molecular weight excluding hydrogens is 411 g/mol. The quantitative estimate of drug-likeness (QED) is 0.649. The van der Waals surface area contributed by atoms with Crippen LogP contribution in [-0.2, 0) is 15.8 Å². The van der Waals surface area contributed by atoms with Crippen LogP contribution < -0.4 is 16.0 Å². The molecule has 0 spiro atoms. The van der Waals surface area contributed by atoms with Gasteiger partial charge in [-0.25, -0.2) is 0 Å². The van der Waals surface area contributed by atoms with Gasteiger partial charge in [0.1, 0.15) is 6.04 Å². The van der Waals surface area contributed by atoms with E-state index >= 15 is 0 Å². The summed E-state index contributed by atoms with van der Waals surface area (Å²) < 4.78 is 38.5. The van der Waals surface area contributed by atoms with Crippen molar-refractivity contribution in [1.82, 2.24) is 5.32 Å². The molecule has 2 rings (SSSR count). The molecule has 0 saturated carbocycles. The van der Waals surface area contributed by atoms with E-state index in [4.69, 9.17) is 0 Å². The number of anilines is 2. The van der Waals surface area contributed by atoms with E-state index in [-0.39, 0.29) is 17.2 Å². The van der Waals surface area contributed by atoms with Gasteiger partial charge in [0.2, 0.25) is 11.8 Å². The van der Waals surface area contributed by atoms with E-state index in [0.29, 0.717) is 5.69 Å². The number of carbonyl (C=O) groups is 3. The number of carbonyl (C=O) groups excluding carboxylic acids is 3. The van der Waals surface area contributed by atoms with Crippen molar-refractivity contribution in [1.29, 1.82) is 0 Å². The van der Waals surface area contributed by atoms with Crippen LogP contribution in [0, 0.1) is 5.41 Å². The van der Waals surface area contributed by atoms with Crippen molar-refractivity contribution in [2.75, 3.05) is 10.6 Å². The van der Waals surface area contributed by atoms with Gasteiger partial charge in [-0.2, -0.15) is 13.2 Å². The topological polar surface area (TPSA) is 87.3 Å². The first-order valence-corrected chi connectivity index (χ1v) is 9.48. The molecule has 6 nitrogen and oxygen atoms in total. The normalized spacial score (nSPS) is 12.6. The highest BCUT2D eigenvalue weighted by Gasteiger charge is 2.30. The van der Waals surface area contributed by atoms with Crippen molar-refractivity contribution < 1.29 is 27.6 Å². The van der Waals surface area contributed by atoms with Gasteiger partial charge in [-0.1, -0.05) is 32.9 Å². The van der Waals surface area contributed by atoms with Gasteiger partial charge in [-0.3, -0.25) is 14.4 Å². The summed E-state index contributed by atoms with van der Waals surface area (Å²) in [6.07, 6.45) is -4.52. The van der Waals surface area contributed by atoms with Crippen molar-refractivity contribution >= 4 is 29.1 Å². The van der Waals surface area contributed by atoms with E-state index in [1.165, 1.54) is 37.3 Å². The molecule has 0 bridgehead atoms. The number of nitrogens with one attached hydrogen (secondary N) is 3. The Morgan fingerprint density at radius 2 is 1.45 bits per heavy atom. The second kappa shape index (κ2) is 9.20. The van der Waals surface area contributed by atoms with Gasteiger partial charge in [0, 0.05) is 22.4 Å². The Morgan fingerprint density at radius 1 is 0.871 bits per heavy atom. The molecule has 3 amide bonds. The highest BCUT2D eigenvalue weighted by Crippen LogP contribution is 2.30. The minimum absolute atomic E-state index is 0.00669. The molecule has 0 saturated heterocycles. The number of benzene rings is 2. The Morgan fingerprint density at radius 3 is 2.03 bits per heavy atom. The van der Waals surface area contributed by atoms with Gasteiger partial charge < -0.3 is 16.0 Å². The highest BCUT2D eigenvalue weighted by atomic mass is 19.4. The summed E-state index contributed by atoms with van der Waals surface area (Å²) in [5.41, 5.74) is -1.10. The van der Waals surface area contributed by atoms with Crippen LogP contribution in [0.2, 0.25) is 0 Å². The molecular formula is C22H24F3N3O3. The predicted molar refractivity (Wildman–Crippen MR) is 112 cm³/mol. The third-order valence-corrected chi connectivity index (χ3v) is 4.26. The molecule has 2 aromatic carbocycles. The molecule has 2 aromatic rings. The Labute approximate surface area is 178 Å². The van der Waals surface area contributed by atoms with E-state index in [1.807, 2.05) is 0 Å². The summed E-state index contributed by atoms with van der Waals surface area (Å²) in [6.45, 7) is 6.70. The average molecular weight is 435 g/mol. The molecule has 3 N–H and O–H groups in total. The van der Waals surface area contributed by atoms with Crippen molar-refractivity contribution in [3.63, 3.8) is 0 Å². The molecule has 1 atom stereocenters. The summed E-state index contributed by atoms with van der Waals surface area (Å²) in [5.74, 6) is -1.40. The Balaban J connectivity index is 2.07. The monoisotopic (exact) mass is 435 g/mol. The number of halogens is 3. The third kappa shape index (κ3) is 6.84. The fraction of sp³-hybridized carbons (Fsp3) is 0.318. The maximum Gasteiger partial charge on any atom is 0.416 e. The maximum atomic E-state index is 12.8. The lowest BCUT2D eigenvalue weighted by atomic mass is 9.95. The molecule has 0 aliphatic rings. The average Bonchev–Trinajstić information content (AvgIpc) is 2.67. The second-order valence-corrected chi connectivity index (χ2v) is 8.05. The highest BCUT2D eigenvalue weighted by molar-refractivity contribution is 6.05. The lowest BCUT2D eigenvalue weighted by Gasteiger charge is -2.21. The smallest absolute Gasteiger partial charge is 0.344 e. The van der Waals surface area contributed by atoms with Crippen molar-refractivity contribution in [2.24, 2.45) is 5.41 Å². The van der Waals surface area contributed by atoms with E-state index in [2.05, 4.69) is 16.0 Å². The zero-order chi connectivity index (χ0) is 23.4. The molecule has 0 aliphatic heterocycles. The summed E-state index contributed by atoms with van der Waals surface area (Å²) in [7, 11) is 0. The Hall–Kier alpha value is -3.36. The number of hydrogen-bond donors (Lipinski definition) is 3. The fourth-order valence-corrected chi connectivity index (χ4v) is 2.44. The van der Waals surface area contributed by atoms with Gasteiger partial charge in [-0.05, 0) is 43.3 Å². The first-order valence-electron chi connectivity index (χ1n) is 9.48. The summed E-state index contributed by atoms with van der Waals surface area (Å²) in [5, 5.41) is 7.62. The predicted octanol–water partition coefficient (Wildman–Crippen LogP) is 4.45. The number of hydrogen-bond acceptors (Lipinski definition) is 3. The minimum atomic E-state index is -4.52. The van der Waals surface area contributed by atoms with Gasteiger partial charge in [0.15, 0.2) is 0 Å². The standard InChI is InChI=1S/C22H24F3N3O3/c1-13(26-20(31)21(2,3)4)18(29)27-16-9-5-7-14(11-16)19(30)28-17-10-6-8-15(12-17)22(23,24)25/h5-13H,1-4H3,(H,26,31)(H,27,29)(H,28,30)/t13-/m0/s1.